The van der Waals surface area contributed by atoms with Gasteiger partial charge in [0.1, 0.15) is 0 Å². The topological polar surface area (TPSA) is 17.1 Å². The zero-order chi connectivity index (χ0) is 11.7. The molecule has 0 N–H and O–H groups in total. The standard InChI is InChI=1S/C13H10F2O/c1-8(16)9-6-7-12(13(14)15)11-5-3-2-4-10(9)11/h2-7,13H,1H3. The van der Waals surface area contributed by atoms with Crippen molar-refractivity contribution in [2.24, 2.45) is 0 Å². The van der Waals surface area contributed by atoms with E-state index in [4.69, 9.17) is 0 Å². The number of halogens is 2. The molecule has 0 saturated carbocycles. The maximum atomic E-state index is 12.7. The summed E-state index contributed by atoms with van der Waals surface area (Å²) in [5.41, 5.74) is 0.459. The molecule has 2 aromatic rings. The number of rotatable bonds is 2. The number of hydrogen-bond acceptors (Lipinski definition) is 1. The molecule has 0 aliphatic heterocycles. The second-order valence-corrected chi connectivity index (χ2v) is 3.60. The Kier molecular flexibility index (Phi) is 2.69. The van der Waals surface area contributed by atoms with Gasteiger partial charge in [-0.2, -0.15) is 0 Å². The molecular weight excluding hydrogens is 210 g/mol. The lowest BCUT2D eigenvalue weighted by Gasteiger charge is -2.08. The molecule has 82 valence electrons. The second kappa shape index (κ2) is 4.00. The van der Waals surface area contributed by atoms with Crippen LogP contribution in [0.2, 0.25) is 0 Å². The van der Waals surface area contributed by atoms with E-state index in [1.54, 1.807) is 24.3 Å². The molecule has 0 fully saturated rings. The number of benzene rings is 2. The van der Waals surface area contributed by atoms with E-state index in [2.05, 4.69) is 0 Å². The minimum absolute atomic E-state index is 0.0272. The summed E-state index contributed by atoms with van der Waals surface area (Å²) in [7, 11) is 0. The molecule has 0 radical (unpaired) electrons. The first-order valence-corrected chi connectivity index (χ1v) is 4.92. The third-order valence-electron chi connectivity index (χ3n) is 2.57. The van der Waals surface area contributed by atoms with E-state index in [1.165, 1.54) is 19.1 Å². The molecule has 0 spiro atoms. The van der Waals surface area contributed by atoms with Crippen molar-refractivity contribution in [3.8, 4) is 0 Å². The number of hydrogen-bond donors (Lipinski definition) is 0. The number of fused-ring (bicyclic) bond motifs is 1. The summed E-state index contributed by atoms with van der Waals surface area (Å²) in [6.45, 7) is 1.43. The van der Waals surface area contributed by atoms with Gasteiger partial charge in [0.2, 0.25) is 0 Å². The van der Waals surface area contributed by atoms with Crippen LogP contribution in [0.3, 0.4) is 0 Å². The molecule has 0 saturated heterocycles. The average Bonchev–Trinajstić information content (AvgIpc) is 2.27. The van der Waals surface area contributed by atoms with E-state index in [0.29, 0.717) is 16.3 Å². The molecule has 0 aromatic heterocycles. The zero-order valence-corrected chi connectivity index (χ0v) is 8.71. The van der Waals surface area contributed by atoms with Crippen LogP contribution in [0.1, 0.15) is 29.3 Å². The summed E-state index contributed by atoms with van der Waals surface area (Å²) in [4.78, 5) is 11.4. The molecule has 0 heterocycles. The number of Topliss-reactive ketones (excluding diaryl/α,β-unsaturated/α-hetero) is 1. The predicted octanol–water partition coefficient (Wildman–Crippen LogP) is 3.98. The van der Waals surface area contributed by atoms with Crippen LogP contribution in [0, 0.1) is 0 Å². The number of ketones is 1. The second-order valence-electron chi connectivity index (χ2n) is 3.60. The maximum Gasteiger partial charge on any atom is 0.264 e. The number of carbonyl (C=O) groups is 1. The lowest BCUT2D eigenvalue weighted by Crippen LogP contribution is -1.96. The Morgan fingerprint density at radius 2 is 1.69 bits per heavy atom. The van der Waals surface area contributed by atoms with E-state index >= 15 is 0 Å². The predicted molar refractivity (Wildman–Crippen MR) is 58.9 cm³/mol. The molecule has 2 rings (SSSR count). The minimum Gasteiger partial charge on any atom is -0.294 e. The fraction of sp³-hybridized carbons (Fsp3) is 0.154. The van der Waals surface area contributed by atoms with Gasteiger partial charge in [-0.05, 0) is 17.7 Å². The summed E-state index contributed by atoms with van der Waals surface area (Å²) in [5, 5.41) is 1.04. The average molecular weight is 220 g/mol. The van der Waals surface area contributed by atoms with Crippen LogP contribution >= 0.6 is 0 Å². The highest BCUT2D eigenvalue weighted by molar-refractivity contribution is 6.07. The van der Waals surface area contributed by atoms with Crippen LogP contribution in [0.25, 0.3) is 10.8 Å². The van der Waals surface area contributed by atoms with Crippen molar-refractivity contribution in [1.82, 2.24) is 0 Å². The highest BCUT2D eigenvalue weighted by atomic mass is 19.3. The third kappa shape index (κ3) is 1.69. The van der Waals surface area contributed by atoms with Gasteiger partial charge in [-0.15, -0.1) is 0 Å². The largest absolute Gasteiger partial charge is 0.294 e. The highest BCUT2D eigenvalue weighted by Crippen LogP contribution is 2.29. The van der Waals surface area contributed by atoms with E-state index in [9.17, 15) is 13.6 Å². The van der Waals surface area contributed by atoms with Crippen molar-refractivity contribution in [1.29, 1.82) is 0 Å². The van der Waals surface area contributed by atoms with Crippen molar-refractivity contribution in [2.75, 3.05) is 0 Å². The molecule has 0 amide bonds. The van der Waals surface area contributed by atoms with Gasteiger partial charge in [-0.3, -0.25) is 4.79 Å². The Morgan fingerprint density at radius 1 is 1.06 bits per heavy atom. The molecule has 0 unspecified atom stereocenters. The Hall–Kier alpha value is -1.77. The lowest BCUT2D eigenvalue weighted by atomic mass is 9.98. The lowest BCUT2D eigenvalue weighted by molar-refractivity contribution is 0.101. The van der Waals surface area contributed by atoms with Crippen LogP contribution in [-0.4, -0.2) is 5.78 Å². The fourth-order valence-corrected chi connectivity index (χ4v) is 1.82. The molecular formula is C13H10F2O. The summed E-state index contributed by atoms with van der Waals surface area (Å²) in [6.07, 6.45) is -2.52. The summed E-state index contributed by atoms with van der Waals surface area (Å²) >= 11 is 0. The van der Waals surface area contributed by atoms with Crippen molar-refractivity contribution in [3.05, 3.63) is 47.5 Å². The highest BCUT2D eigenvalue weighted by Gasteiger charge is 2.14. The van der Waals surface area contributed by atoms with Gasteiger partial charge >= 0.3 is 0 Å². The zero-order valence-electron chi connectivity index (χ0n) is 8.71. The van der Waals surface area contributed by atoms with Crippen molar-refractivity contribution in [3.63, 3.8) is 0 Å². The molecule has 16 heavy (non-hydrogen) atoms. The quantitative estimate of drug-likeness (QED) is 0.699. The van der Waals surface area contributed by atoms with E-state index in [0.717, 1.165) is 0 Å². The van der Waals surface area contributed by atoms with Crippen LogP contribution in [-0.2, 0) is 0 Å². The van der Waals surface area contributed by atoms with Crippen molar-refractivity contribution < 1.29 is 13.6 Å². The first-order chi connectivity index (χ1) is 7.61. The van der Waals surface area contributed by atoms with Gasteiger partial charge in [0.25, 0.3) is 6.43 Å². The Morgan fingerprint density at radius 3 is 2.25 bits per heavy atom. The molecule has 0 atom stereocenters. The van der Waals surface area contributed by atoms with Crippen LogP contribution in [0.5, 0.6) is 0 Å². The Bertz CT molecular complexity index is 547. The molecule has 3 heteroatoms. The SMILES string of the molecule is CC(=O)c1ccc(C(F)F)c2ccccc12. The van der Waals surface area contributed by atoms with Gasteiger partial charge in [0.05, 0.1) is 0 Å². The van der Waals surface area contributed by atoms with Crippen LogP contribution in [0.15, 0.2) is 36.4 Å². The van der Waals surface area contributed by atoms with Gasteiger partial charge in [-0.1, -0.05) is 36.4 Å². The maximum absolute atomic E-state index is 12.7. The van der Waals surface area contributed by atoms with Gasteiger partial charge in [-0.25, -0.2) is 8.78 Å². The van der Waals surface area contributed by atoms with Crippen LogP contribution in [0.4, 0.5) is 8.78 Å². The van der Waals surface area contributed by atoms with E-state index in [-0.39, 0.29) is 11.3 Å². The monoisotopic (exact) mass is 220 g/mol. The summed E-state index contributed by atoms with van der Waals surface area (Å²) < 4.78 is 25.5. The molecule has 0 aliphatic rings. The van der Waals surface area contributed by atoms with Gasteiger partial charge in [0.15, 0.2) is 5.78 Å². The fourth-order valence-electron chi connectivity index (χ4n) is 1.82. The Labute approximate surface area is 91.7 Å². The van der Waals surface area contributed by atoms with Gasteiger partial charge in [0, 0.05) is 11.1 Å². The minimum atomic E-state index is -2.52. The van der Waals surface area contributed by atoms with Crippen LogP contribution < -0.4 is 0 Å². The van der Waals surface area contributed by atoms with Gasteiger partial charge < -0.3 is 0 Å². The number of carbonyl (C=O) groups excluding carboxylic acids is 1. The Balaban J connectivity index is 2.82. The van der Waals surface area contributed by atoms with E-state index < -0.39 is 6.43 Å². The molecule has 0 bridgehead atoms. The van der Waals surface area contributed by atoms with Crippen molar-refractivity contribution in [2.45, 2.75) is 13.3 Å². The normalized spacial score (nSPS) is 11.0. The molecule has 1 nitrogen and oxygen atoms in total. The van der Waals surface area contributed by atoms with Crippen molar-refractivity contribution >= 4 is 16.6 Å². The first-order valence-electron chi connectivity index (χ1n) is 4.92. The summed E-state index contributed by atoms with van der Waals surface area (Å²) in [5.74, 6) is -0.114. The molecule has 2 aromatic carbocycles. The number of alkyl halides is 2. The van der Waals surface area contributed by atoms with E-state index in [1.807, 2.05) is 0 Å². The third-order valence-corrected chi connectivity index (χ3v) is 2.57. The smallest absolute Gasteiger partial charge is 0.264 e. The summed E-state index contributed by atoms with van der Waals surface area (Å²) in [6, 6.07) is 9.53. The molecule has 0 aliphatic carbocycles. The first kappa shape index (κ1) is 10.7.